The lowest BCUT2D eigenvalue weighted by molar-refractivity contribution is -0.0686. The standard InChI is InChI=1S/C16H13F3O/c1-11(16(17,18)19)14-9-8-13(20-2)10-15(14)12-6-4-3-5-7-12/h3-10H,1H2,2H3. The molecular formula is C16H13F3O. The molecule has 1 nitrogen and oxygen atoms in total. The zero-order chi connectivity index (χ0) is 14.8. The van der Waals surface area contributed by atoms with Crippen molar-refractivity contribution < 1.29 is 17.9 Å². The van der Waals surface area contributed by atoms with Gasteiger partial charge in [0.05, 0.1) is 12.7 Å². The third-order valence-electron chi connectivity index (χ3n) is 2.98. The van der Waals surface area contributed by atoms with Gasteiger partial charge in [-0.3, -0.25) is 0 Å². The number of hydrogen-bond donors (Lipinski definition) is 0. The van der Waals surface area contributed by atoms with Crippen LogP contribution in [0.3, 0.4) is 0 Å². The van der Waals surface area contributed by atoms with Gasteiger partial charge in [-0.25, -0.2) is 0 Å². The van der Waals surface area contributed by atoms with Gasteiger partial charge in [-0.2, -0.15) is 13.2 Å². The maximum absolute atomic E-state index is 12.9. The Balaban J connectivity index is 2.61. The molecule has 0 N–H and O–H groups in total. The summed E-state index contributed by atoms with van der Waals surface area (Å²) >= 11 is 0. The highest BCUT2D eigenvalue weighted by Crippen LogP contribution is 2.39. The molecule has 0 spiro atoms. The van der Waals surface area contributed by atoms with Gasteiger partial charge in [-0.15, -0.1) is 0 Å². The van der Waals surface area contributed by atoms with Crippen molar-refractivity contribution in [2.24, 2.45) is 0 Å². The van der Waals surface area contributed by atoms with Crippen LogP contribution in [0.15, 0.2) is 55.1 Å². The Morgan fingerprint density at radius 2 is 1.70 bits per heavy atom. The molecule has 2 aromatic carbocycles. The van der Waals surface area contributed by atoms with Crippen molar-refractivity contribution in [1.29, 1.82) is 0 Å². The molecule has 104 valence electrons. The largest absolute Gasteiger partial charge is 0.497 e. The summed E-state index contributed by atoms with van der Waals surface area (Å²) in [6.07, 6.45) is -4.46. The first kappa shape index (κ1) is 14.2. The fraction of sp³-hybridized carbons (Fsp3) is 0.125. The molecule has 0 aliphatic heterocycles. The number of rotatable bonds is 3. The summed E-state index contributed by atoms with van der Waals surface area (Å²) in [5.41, 5.74) is 0.336. The summed E-state index contributed by atoms with van der Waals surface area (Å²) < 4.78 is 43.7. The van der Waals surface area contributed by atoms with Gasteiger partial charge in [-0.1, -0.05) is 43.0 Å². The van der Waals surface area contributed by atoms with E-state index in [1.807, 2.05) is 6.07 Å². The summed E-state index contributed by atoms with van der Waals surface area (Å²) in [5, 5.41) is 0. The number of alkyl halides is 3. The van der Waals surface area contributed by atoms with Gasteiger partial charge < -0.3 is 4.74 Å². The first-order chi connectivity index (χ1) is 9.43. The van der Waals surface area contributed by atoms with Crippen molar-refractivity contribution in [3.05, 3.63) is 60.7 Å². The van der Waals surface area contributed by atoms with Crippen LogP contribution in [0.2, 0.25) is 0 Å². The summed E-state index contributed by atoms with van der Waals surface area (Å²) in [7, 11) is 1.47. The molecule has 0 aliphatic rings. The summed E-state index contributed by atoms with van der Waals surface area (Å²) in [6.45, 7) is 3.17. The lowest BCUT2D eigenvalue weighted by Gasteiger charge is -2.16. The van der Waals surface area contributed by atoms with E-state index in [4.69, 9.17) is 4.74 Å². The Morgan fingerprint density at radius 3 is 2.25 bits per heavy atom. The van der Waals surface area contributed by atoms with Crippen molar-refractivity contribution >= 4 is 5.57 Å². The molecule has 0 saturated carbocycles. The van der Waals surface area contributed by atoms with Gasteiger partial charge in [-0.05, 0) is 28.8 Å². The smallest absolute Gasteiger partial charge is 0.416 e. The van der Waals surface area contributed by atoms with E-state index in [2.05, 4.69) is 6.58 Å². The summed E-state index contributed by atoms with van der Waals surface area (Å²) in [6, 6.07) is 13.3. The van der Waals surface area contributed by atoms with Crippen molar-refractivity contribution in [3.63, 3.8) is 0 Å². The zero-order valence-electron chi connectivity index (χ0n) is 10.9. The van der Waals surface area contributed by atoms with Crippen LogP contribution in [0.1, 0.15) is 5.56 Å². The summed E-state index contributed by atoms with van der Waals surface area (Å²) in [4.78, 5) is 0. The molecule has 4 heteroatoms. The third kappa shape index (κ3) is 2.85. The molecular weight excluding hydrogens is 265 g/mol. The predicted molar refractivity (Wildman–Crippen MR) is 73.5 cm³/mol. The van der Waals surface area contributed by atoms with Crippen LogP contribution < -0.4 is 4.74 Å². The minimum Gasteiger partial charge on any atom is -0.497 e. The maximum Gasteiger partial charge on any atom is 0.416 e. The lowest BCUT2D eigenvalue weighted by atomic mass is 9.94. The SMILES string of the molecule is C=C(c1ccc(OC)cc1-c1ccccc1)C(F)(F)F. The third-order valence-corrected chi connectivity index (χ3v) is 2.98. The van der Waals surface area contributed by atoms with Crippen molar-refractivity contribution in [2.75, 3.05) is 7.11 Å². The van der Waals surface area contributed by atoms with Gasteiger partial charge in [0.2, 0.25) is 0 Å². The average molecular weight is 278 g/mol. The highest BCUT2D eigenvalue weighted by molar-refractivity contribution is 5.83. The second-order valence-electron chi connectivity index (χ2n) is 4.25. The molecule has 0 bridgehead atoms. The number of hydrogen-bond acceptors (Lipinski definition) is 1. The first-order valence-electron chi connectivity index (χ1n) is 5.93. The average Bonchev–Trinajstić information content (AvgIpc) is 2.46. The molecule has 0 unspecified atom stereocenters. The van der Waals surface area contributed by atoms with E-state index in [0.717, 1.165) is 0 Å². The fourth-order valence-electron chi connectivity index (χ4n) is 1.92. The zero-order valence-corrected chi connectivity index (χ0v) is 10.9. The van der Waals surface area contributed by atoms with Gasteiger partial charge >= 0.3 is 6.18 Å². The molecule has 0 aromatic heterocycles. The minimum atomic E-state index is -4.46. The Morgan fingerprint density at radius 1 is 1.05 bits per heavy atom. The van der Waals surface area contributed by atoms with Crippen LogP contribution in [0.5, 0.6) is 5.75 Å². The van der Waals surface area contributed by atoms with Crippen LogP contribution in [0.4, 0.5) is 13.2 Å². The maximum atomic E-state index is 12.9. The van der Waals surface area contributed by atoms with Gasteiger partial charge in [0.1, 0.15) is 5.75 Å². The van der Waals surface area contributed by atoms with E-state index in [9.17, 15) is 13.2 Å². The molecule has 20 heavy (non-hydrogen) atoms. The number of benzene rings is 2. The monoisotopic (exact) mass is 278 g/mol. The highest BCUT2D eigenvalue weighted by Gasteiger charge is 2.34. The quantitative estimate of drug-likeness (QED) is 0.772. The normalized spacial score (nSPS) is 11.2. The van der Waals surface area contributed by atoms with Crippen LogP contribution in [-0.2, 0) is 0 Å². The number of allylic oxidation sites excluding steroid dienone is 1. The second-order valence-corrected chi connectivity index (χ2v) is 4.25. The number of halogens is 3. The Hall–Kier alpha value is -2.23. The highest BCUT2D eigenvalue weighted by atomic mass is 19.4. The van der Waals surface area contributed by atoms with E-state index >= 15 is 0 Å². The first-order valence-corrected chi connectivity index (χ1v) is 5.93. The predicted octanol–water partition coefficient (Wildman–Crippen LogP) is 4.94. The van der Waals surface area contributed by atoms with Crippen LogP contribution in [0, 0.1) is 0 Å². The topological polar surface area (TPSA) is 9.23 Å². The van der Waals surface area contributed by atoms with Crippen LogP contribution in [0.25, 0.3) is 16.7 Å². The molecule has 0 amide bonds. The Labute approximate surface area is 115 Å². The van der Waals surface area contributed by atoms with E-state index in [1.165, 1.54) is 19.2 Å². The lowest BCUT2D eigenvalue weighted by Crippen LogP contribution is -2.10. The van der Waals surface area contributed by atoms with Crippen molar-refractivity contribution in [2.45, 2.75) is 6.18 Å². The summed E-state index contributed by atoms with van der Waals surface area (Å²) in [5.74, 6) is 0.502. The van der Waals surface area contributed by atoms with Crippen LogP contribution >= 0.6 is 0 Å². The molecule has 0 heterocycles. The molecule has 2 rings (SSSR count). The molecule has 0 radical (unpaired) electrons. The van der Waals surface area contributed by atoms with Gasteiger partial charge in [0.15, 0.2) is 0 Å². The van der Waals surface area contributed by atoms with E-state index in [0.29, 0.717) is 16.9 Å². The molecule has 0 saturated heterocycles. The Kier molecular flexibility index (Phi) is 3.84. The Bertz CT molecular complexity index is 615. The number of ether oxygens (including phenoxy) is 1. The minimum absolute atomic E-state index is 0.0597. The molecule has 2 aromatic rings. The molecule has 0 aliphatic carbocycles. The molecule has 0 atom stereocenters. The van der Waals surface area contributed by atoms with Crippen molar-refractivity contribution in [1.82, 2.24) is 0 Å². The van der Waals surface area contributed by atoms with E-state index in [-0.39, 0.29) is 5.56 Å². The van der Waals surface area contributed by atoms with E-state index in [1.54, 1.807) is 30.3 Å². The van der Waals surface area contributed by atoms with Crippen LogP contribution in [-0.4, -0.2) is 13.3 Å². The van der Waals surface area contributed by atoms with Crippen molar-refractivity contribution in [3.8, 4) is 16.9 Å². The second kappa shape index (κ2) is 5.41. The van der Waals surface area contributed by atoms with Gasteiger partial charge in [0, 0.05) is 0 Å². The number of methoxy groups -OCH3 is 1. The fourth-order valence-corrected chi connectivity index (χ4v) is 1.92. The van der Waals surface area contributed by atoms with E-state index < -0.39 is 11.7 Å². The molecule has 0 fully saturated rings. The van der Waals surface area contributed by atoms with Gasteiger partial charge in [0.25, 0.3) is 0 Å².